The zero-order valence-electron chi connectivity index (χ0n) is 11.6. The number of hydrogen-bond acceptors (Lipinski definition) is 2. The monoisotopic (exact) mass is 229 g/mol. The predicted molar refractivity (Wildman–Crippen MR) is 64.0 cm³/mol. The van der Waals surface area contributed by atoms with E-state index in [-0.39, 0.29) is 0 Å². The second-order valence-electron chi connectivity index (χ2n) is 6.29. The van der Waals surface area contributed by atoms with Gasteiger partial charge in [-0.25, -0.2) is 0 Å². The van der Waals surface area contributed by atoms with Crippen LogP contribution in [-0.4, -0.2) is 25.6 Å². The van der Waals surface area contributed by atoms with E-state index in [1.54, 1.807) is 13.8 Å². The molecule has 0 aromatic rings. The van der Waals surface area contributed by atoms with Crippen molar-refractivity contribution in [3.63, 3.8) is 0 Å². The van der Waals surface area contributed by atoms with Crippen LogP contribution in [0.25, 0.3) is 0 Å². The van der Waals surface area contributed by atoms with Crippen molar-refractivity contribution in [2.45, 2.75) is 41.5 Å². The molecule has 96 valence electrons. The highest BCUT2D eigenvalue weighted by atomic mass is 16.4. The molecule has 16 heavy (non-hydrogen) atoms. The smallest absolute Gasteiger partial charge is 0.0875 e. The van der Waals surface area contributed by atoms with Gasteiger partial charge in [0.05, 0.1) is 31.0 Å². The third-order valence-corrected chi connectivity index (χ3v) is 2.64. The first-order valence-electron chi connectivity index (χ1n) is 6.20. The van der Waals surface area contributed by atoms with E-state index in [1.807, 2.05) is 0 Å². The standard InChI is InChI=1S/C13H27NO2/c1-10(2)7-14(8-11(3)4)9-13(5,6)12(15)16/h10-11H,7-9H2,1-6H3,(H,15,16). The van der Waals surface area contributed by atoms with Crippen molar-refractivity contribution in [3.8, 4) is 0 Å². The Kier molecular flexibility index (Phi) is 6.01. The van der Waals surface area contributed by atoms with Crippen LogP contribution in [0.1, 0.15) is 41.5 Å². The lowest BCUT2D eigenvalue weighted by Crippen LogP contribution is -3.14. The maximum absolute atomic E-state index is 11.0. The molecule has 3 nitrogen and oxygen atoms in total. The summed E-state index contributed by atoms with van der Waals surface area (Å²) in [4.78, 5) is 12.4. The van der Waals surface area contributed by atoms with Crippen LogP contribution in [0, 0.1) is 17.3 Å². The van der Waals surface area contributed by atoms with Crippen LogP contribution in [0.3, 0.4) is 0 Å². The van der Waals surface area contributed by atoms with Gasteiger partial charge in [0.2, 0.25) is 0 Å². The number of carbonyl (C=O) groups is 1. The maximum atomic E-state index is 11.0. The molecule has 0 aliphatic carbocycles. The molecule has 0 aromatic heterocycles. The topological polar surface area (TPSA) is 44.6 Å². The summed E-state index contributed by atoms with van der Waals surface area (Å²) in [5.74, 6) is 0.232. The number of carboxylic acid groups (broad SMARTS) is 1. The van der Waals surface area contributed by atoms with Crippen LogP contribution in [0.2, 0.25) is 0 Å². The Morgan fingerprint density at radius 2 is 1.50 bits per heavy atom. The van der Waals surface area contributed by atoms with E-state index < -0.39 is 11.4 Å². The summed E-state index contributed by atoms with van der Waals surface area (Å²) in [7, 11) is 0. The van der Waals surface area contributed by atoms with E-state index in [1.165, 1.54) is 4.90 Å². The number of aliphatic carboxylic acids is 1. The molecule has 0 fully saturated rings. The van der Waals surface area contributed by atoms with Gasteiger partial charge in [-0.3, -0.25) is 0 Å². The van der Waals surface area contributed by atoms with Crippen molar-refractivity contribution in [1.82, 2.24) is 0 Å². The lowest BCUT2D eigenvalue weighted by molar-refractivity contribution is -0.911. The summed E-state index contributed by atoms with van der Waals surface area (Å²) < 4.78 is 0. The van der Waals surface area contributed by atoms with Crippen molar-refractivity contribution >= 4 is 5.97 Å². The predicted octanol–water partition coefficient (Wildman–Crippen LogP) is -0.0406. The lowest BCUT2D eigenvalue weighted by atomic mass is 9.92. The fraction of sp³-hybridized carbons (Fsp3) is 0.923. The van der Waals surface area contributed by atoms with Gasteiger partial charge in [-0.05, 0) is 13.8 Å². The van der Waals surface area contributed by atoms with Crippen LogP contribution in [0.5, 0.6) is 0 Å². The van der Waals surface area contributed by atoms with Crippen LogP contribution < -0.4 is 10.0 Å². The minimum Gasteiger partial charge on any atom is -0.549 e. The normalized spacial score (nSPS) is 12.8. The fourth-order valence-corrected chi connectivity index (χ4v) is 2.08. The zero-order valence-corrected chi connectivity index (χ0v) is 11.6. The summed E-state index contributed by atoms with van der Waals surface area (Å²) in [5, 5.41) is 11.0. The Morgan fingerprint density at radius 1 is 1.12 bits per heavy atom. The quantitative estimate of drug-likeness (QED) is 0.666. The second-order valence-corrected chi connectivity index (χ2v) is 6.29. The maximum Gasteiger partial charge on any atom is 0.0875 e. The van der Waals surface area contributed by atoms with Crippen LogP contribution in [0.15, 0.2) is 0 Å². The van der Waals surface area contributed by atoms with Crippen molar-refractivity contribution < 1.29 is 14.8 Å². The van der Waals surface area contributed by atoms with Gasteiger partial charge in [0.25, 0.3) is 0 Å². The van der Waals surface area contributed by atoms with E-state index in [0.717, 1.165) is 13.1 Å². The van der Waals surface area contributed by atoms with Crippen molar-refractivity contribution in [2.75, 3.05) is 19.6 Å². The number of carbonyl (C=O) groups excluding carboxylic acids is 1. The Hall–Kier alpha value is -0.570. The highest BCUT2D eigenvalue weighted by molar-refractivity contribution is 5.71. The van der Waals surface area contributed by atoms with E-state index in [4.69, 9.17) is 0 Å². The van der Waals surface area contributed by atoms with E-state index >= 15 is 0 Å². The summed E-state index contributed by atoms with van der Waals surface area (Å²) in [5.41, 5.74) is -0.737. The molecule has 0 aliphatic rings. The van der Waals surface area contributed by atoms with E-state index in [0.29, 0.717) is 18.4 Å². The van der Waals surface area contributed by atoms with E-state index in [2.05, 4.69) is 27.7 Å². The number of quaternary nitrogens is 1. The molecule has 3 heteroatoms. The Bertz CT molecular complexity index is 212. The number of carboxylic acids is 1. The molecule has 0 aromatic carbocycles. The average Bonchev–Trinajstić information content (AvgIpc) is 1.99. The second kappa shape index (κ2) is 6.24. The first-order valence-corrected chi connectivity index (χ1v) is 6.20. The highest BCUT2D eigenvalue weighted by Crippen LogP contribution is 2.10. The number of rotatable bonds is 7. The molecule has 0 atom stereocenters. The fourth-order valence-electron chi connectivity index (χ4n) is 2.08. The van der Waals surface area contributed by atoms with E-state index in [9.17, 15) is 9.90 Å². The van der Waals surface area contributed by atoms with Gasteiger partial charge < -0.3 is 14.8 Å². The molecular formula is C13H27NO2. The molecule has 0 unspecified atom stereocenters. The molecule has 0 heterocycles. The largest absolute Gasteiger partial charge is 0.549 e. The summed E-state index contributed by atoms with van der Waals surface area (Å²) in [6, 6.07) is 0. The molecule has 1 N–H and O–H groups in total. The van der Waals surface area contributed by atoms with Crippen LogP contribution >= 0.6 is 0 Å². The summed E-state index contributed by atoms with van der Waals surface area (Å²) in [6.45, 7) is 14.9. The third kappa shape index (κ3) is 6.11. The first kappa shape index (κ1) is 15.4. The van der Waals surface area contributed by atoms with Crippen LogP contribution in [-0.2, 0) is 4.79 Å². The molecule has 0 rings (SSSR count). The minimum absolute atomic E-state index is 0.589. The minimum atomic E-state index is -0.947. The summed E-state index contributed by atoms with van der Waals surface area (Å²) in [6.07, 6.45) is 0. The van der Waals surface area contributed by atoms with Gasteiger partial charge in [0, 0.05) is 11.8 Å². The van der Waals surface area contributed by atoms with Crippen LogP contribution in [0.4, 0.5) is 0 Å². The van der Waals surface area contributed by atoms with Gasteiger partial charge in [0.1, 0.15) is 0 Å². The lowest BCUT2D eigenvalue weighted by Gasteiger charge is -2.32. The molecule has 0 bridgehead atoms. The highest BCUT2D eigenvalue weighted by Gasteiger charge is 2.27. The van der Waals surface area contributed by atoms with Crippen molar-refractivity contribution in [1.29, 1.82) is 0 Å². The van der Waals surface area contributed by atoms with Gasteiger partial charge in [-0.1, -0.05) is 27.7 Å². The molecule has 0 radical (unpaired) electrons. The zero-order chi connectivity index (χ0) is 12.9. The molecule has 0 amide bonds. The van der Waals surface area contributed by atoms with Gasteiger partial charge >= 0.3 is 0 Å². The molecule has 0 saturated carbocycles. The molecular weight excluding hydrogens is 202 g/mol. The average molecular weight is 229 g/mol. The van der Waals surface area contributed by atoms with Crippen molar-refractivity contribution in [3.05, 3.63) is 0 Å². The summed E-state index contributed by atoms with van der Waals surface area (Å²) >= 11 is 0. The SMILES string of the molecule is CC(C)C[NH+](CC(C)C)CC(C)(C)C(=O)[O-]. The first-order chi connectivity index (χ1) is 7.15. The van der Waals surface area contributed by atoms with Crippen molar-refractivity contribution in [2.24, 2.45) is 17.3 Å². The molecule has 0 saturated heterocycles. The van der Waals surface area contributed by atoms with Gasteiger partial charge in [-0.15, -0.1) is 0 Å². The Balaban J connectivity index is 4.47. The number of hydrogen-bond donors (Lipinski definition) is 1. The Morgan fingerprint density at radius 3 is 1.75 bits per heavy atom. The Labute approximate surface area is 99.8 Å². The molecule has 0 aliphatic heterocycles. The van der Waals surface area contributed by atoms with Gasteiger partial charge in [-0.2, -0.15) is 0 Å². The molecule has 0 spiro atoms. The third-order valence-electron chi connectivity index (χ3n) is 2.64. The van der Waals surface area contributed by atoms with Gasteiger partial charge in [0.15, 0.2) is 0 Å². The number of nitrogens with one attached hydrogen (secondary N) is 1.